The van der Waals surface area contributed by atoms with Crippen molar-refractivity contribution >= 4 is 6.21 Å². The molecule has 0 amide bonds. The first kappa shape index (κ1) is 21.2. The Morgan fingerprint density at radius 3 is 1.82 bits per heavy atom. The summed E-state index contributed by atoms with van der Waals surface area (Å²) in [5, 5.41) is 0. The summed E-state index contributed by atoms with van der Waals surface area (Å²) in [5.74, 6) is 0. The molecule has 1 aromatic rings. The highest BCUT2D eigenvalue weighted by molar-refractivity contribution is 5.52. The molecule has 0 saturated heterocycles. The molecule has 0 aromatic heterocycles. The number of hydrogen-bond donors (Lipinski definition) is 0. The van der Waals surface area contributed by atoms with Gasteiger partial charge in [-0.2, -0.15) is 0 Å². The third-order valence-corrected chi connectivity index (χ3v) is 1.75. The smallest absolute Gasteiger partial charge is 0.0273 e. The zero-order valence-electron chi connectivity index (χ0n) is 13.0. The monoisotopic (exact) mass is 237 g/mol. The molecule has 0 fully saturated rings. The SMILES string of the molecule is CC.CC.CC=NC.CCc1cccc(C)c1. The molecule has 0 atom stereocenters. The van der Waals surface area contributed by atoms with Crippen LogP contribution in [0.25, 0.3) is 0 Å². The molecule has 0 radical (unpaired) electrons. The van der Waals surface area contributed by atoms with Gasteiger partial charge in [0.2, 0.25) is 0 Å². The molecule has 0 aliphatic carbocycles. The van der Waals surface area contributed by atoms with Crippen LogP contribution in [-0.2, 0) is 6.42 Å². The van der Waals surface area contributed by atoms with E-state index >= 15 is 0 Å². The molecule has 0 aliphatic heterocycles. The third kappa shape index (κ3) is 17.5. The molecule has 0 N–H and O–H groups in total. The van der Waals surface area contributed by atoms with Gasteiger partial charge in [-0.1, -0.05) is 64.4 Å². The van der Waals surface area contributed by atoms with Crippen molar-refractivity contribution in [2.24, 2.45) is 4.99 Å². The minimum absolute atomic E-state index is 1.14. The quantitative estimate of drug-likeness (QED) is 0.586. The van der Waals surface area contributed by atoms with Gasteiger partial charge < -0.3 is 4.99 Å². The number of aliphatic imine (C=N–C) groups is 1. The Morgan fingerprint density at radius 1 is 1.12 bits per heavy atom. The van der Waals surface area contributed by atoms with E-state index in [1.54, 1.807) is 13.3 Å². The molecule has 0 spiro atoms. The van der Waals surface area contributed by atoms with Crippen molar-refractivity contribution in [2.45, 2.75) is 54.9 Å². The van der Waals surface area contributed by atoms with E-state index in [9.17, 15) is 0 Å². The van der Waals surface area contributed by atoms with Gasteiger partial charge in [-0.15, -0.1) is 0 Å². The van der Waals surface area contributed by atoms with Gasteiger partial charge in [0, 0.05) is 7.05 Å². The highest BCUT2D eigenvalue weighted by Crippen LogP contribution is 2.03. The highest BCUT2D eigenvalue weighted by atomic mass is 14.6. The zero-order valence-corrected chi connectivity index (χ0v) is 13.0. The molecule has 0 bridgehead atoms. The molecule has 100 valence electrons. The van der Waals surface area contributed by atoms with Gasteiger partial charge in [0.1, 0.15) is 0 Å². The van der Waals surface area contributed by atoms with Crippen LogP contribution in [0, 0.1) is 6.92 Å². The first-order valence-electron chi connectivity index (χ1n) is 6.66. The second-order valence-electron chi connectivity index (χ2n) is 2.86. The summed E-state index contributed by atoms with van der Waals surface area (Å²) in [5.41, 5.74) is 2.78. The van der Waals surface area contributed by atoms with Gasteiger partial charge in [-0.3, -0.25) is 0 Å². The molecule has 1 heteroatoms. The fourth-order valence-electron chi connectivity index (χ4n) is 0.932. The molecule has 0 aliphatic rings. The largest absolute Gasteiger partial charge is 0.301 e. The molecule has 1 aromatic carbocycles. The maximum Gasteiger partial charge on any atom is 0.0273 e. The number of benzene rings is 1. The summed E-state index contributed by atoms with van der Waals surface area (Å²) < 4.78 is 0. The van der Waals surface area contributed by atoms with E-state index in [1.165, 1.54) is 11.1 Å². The predicted molar refractivity (Wildman–Crippen MR) is 83.3 cm³/mol. The highest BCUT2D eigenvalue weighted by Gasteiger charge is 1.85. The van der Waals surface area contributed by atoms with Crippen molar-refractivity contribution in [1.29, 1.82) is 0 Å². The van der Waals surface area contributed by atoms with Crippen LogP contribution in [0.2, 0.25) is 0 Å². The summed E-state index contributed by atoms with van der Waals surface area (Å²) in [6.07, 6.45) is 2.89. The molecular weight excluding hydrogens is 206 g/mol. The Hall–Kier alpha value is -1.11. The Labute approximate surface area is 109 Å². The van der Waals surface area contributed by atoms with E-state index in [0.29, 0.717) is 0 Å². The minimum atomic E-state index is 1.14. The van der Waals surface area contributed by atoms with Crippen molar-refractivity contribution in [2.75, 3.05) is 7.05 Å². The van der Waals surface area contributed by atoms with E-state index in [4.69, 9.17) is 0 Å². The molecule has 0 unspecified atom stereocenters. The first-order chi connectivity index (χ1) is 8.24. The van der Waals surface area contributed by atoms with Crippen LogP contribution in [0.4, 0.5) is 0 Å². The maximum atomic E-state index is 3.61. The van der Waals surface area contributed by atoms with Crippen molar-refractivity contribution in [3.63, 3.8) is 0 Å². The first-order valence-corrected chi connectivity index (χ1v) is 6.66. The number of aryl methyl sites for hydroxylation is 2. The second-order valence-corrected chi connectivity index (χ2v) is 2.86. The molecule has 0 heterocycles. The fourth-order valence-corrected chi connectivity index (χ4v) is 0.932. The predicted octanol–water partition coefficient (Wildman–Crippen LogP) is 5.32. The van der Waals surface area contributed by atoms with E-state index in [0.717, 1.165) is 6.42 Å². The summed E-state index contributed by atoms with van der Waals surface area (Å²) in [6, 6.07) is 8.61. The van der Waals surface area contributed by atoms with Crippen molar-refractivity contribution in [3.8, 4) is 0 Å². The molecule has 1 nitrogen and oxygen atoms in total. The summed E-state index contributed by atoms with van der Waals surface area (Å²) in [7, 11) is 1.75. The third-order valence-electron chi connectivity index (χ3n) is 1.75. The molecule has 17 heavy (non-hydrogen) atoms. The van der Waals surface area contributed by atoms with Gasteiger partial charge in [0.25, 0.3) is 0 Å². The lowest BCUT2D eigenvalue weighted by Crippen LogP contribution is -1.78. The topological polar surface area (TPSA) is 12.4 Å². The Morgan fingerprint density at radius 2 is 1.59 bits per heavy atom. The van der Waals surface area contributed by atoms with Gasteiger partial charge in [0.05, 0.1) is 0 Å². The fraction of sp³-hybridized carbons (Fsp3) is 0.562. The van der Waals surface area contributed by atoms with E-state index in [1.807, 2.05) is 34.6 Å². The van der Waals surface area contributed by atoms with E-state index in [-0.39, 0.29) is 0 Å². The van der Waals surface area contributed by atoms with Crippen molar-refractivity contribution < 1.29 is 0 Å². The number of nitrogens with zero attached hydrogens (tertiary/aromatic N) is 1. The average molecular weight is 237 g/mol. The van der Waals surface area contributed by atoms with Crippen LogP contribution >= 0.6 is 0 Å². The minimum Gasteiger partial charge on any atom is -0.301 e. The average Bonchev–Trinajstić information content (AvgIpc) is 2.43. The van der Waals surface area contributed by atoms with Crippen LogP contribution in [0.5, 0.6) is 0 Å². The van der Waals surface area contributed by atoms with Crippen LogP contribution in [0.15, 0.2) is 29.3 Å². The number of hydrogen-bond acceptors (Lipinski definition) is 1. The van der Waals surface area contributed by atoms with Gasteiger partial charge in [0.15, 0.2) is 0 Å². The Bertz CT molecular complexity index is 247. The van der Waals surface area contributed by atoms with Crippen LogP contribution in [0.1, 0.15) is 52.7 Å². The summed E-state index contributed by atoms with van der Waals surface area (Å²) in [6.45, 7) is 14.2. The van der Waals surface area contributed by atoms with Crippen molar-refractivity contribution in [1.82, 2.24) is 0 Å². The standard InChI is InChI=1S/C9H12.C3H7N.2C2H6/c1-3-9-6-4-5-8(2)7-9;1-3-4-2;2*1-2/h4-7H,3H2,1-2H3;3H,1-2H3;2*1-2H3. The zero-order chi connectivity index (χ0) is 14.1. The van der Waals surface area contributed by atoms with Gasteiger partial charge in [-0.05, 0) is 32.0 Å². The van der Waals surface area contributed by atoms with Crippen LogP contribution < -0.4 is 0 Å². The maximum absolute atomic E-state index is 3.61. The van der Waals surface area contributed by atoms with E-state index in [2.05, 4.69) is 43.1 Å². The van der Waals surface area contributed by atoms with E-state index < -0.39 is 0 Å². The Kier molecular flexibility index (Phi) is 25.3. The summed E-state index contributed by atoms with van der Waals surface area (Å²) in [4.78, 5) is 3.61. The number of rotatable bonds is 1. The van der Waals surface area contributed by atoms with Crippen LogP contribution in [-0.4, -0.2) is 13.3 Å². The summed E-state index contributed by atoms with van der Waals surface area (Å²) >= 11 is 0. The molecular formula is C16H31N. The lowest BCUT2D eigenvalue weighted by Gasteiger charge is -1.95. The lowest BCUT2D eigenvalue weighted by molar-refractivity contribution is 1.13. The van der Waals surface area contributed by atoms with Gasteiger partial charge in [-0.25, -0.2) is 0 Å². The molecule has 1 rings (SSSR count). The molecule has 0 saturated carbocycles. The lowest BCUT2D eigenvalue weighted by atomic mass is 10.1. The normalized spacial score (nSPS) is 8.00. The van der Waals surface area contributed by atoms with Crippen LogP contribution in [0.3, 0.4) is 0 Å². The van der Waals surface area contributed by atoms with Crippen molar-refractivity contribution in [3.05, 3.63) is 35.4 Å². The Balaban J connectivity index is -0.000000208. The second kappa shape index (κ2) is 20.3. The van der Waals surface area contributed by atoms with Gasteiger partial charge >= 0.3 is 0 Å².